The van der Waals surface area contributed by atoms with Crippen LogP contribution in [-0.4, -0.2) is 46.7 Å². The fourth-order valence-corrected chi connectivity index (χ4v) is 2.08. The van der Waals surface area contributed by atoms with Gasteiger partial charge >= 0.3 is 12.1 Å². The molecular formula is C8H11N3O4. The molecule has 2 aliphatic heterocycles. The average molecular weight is 213 g/mol. The minimum Gasteiger partial charge on any atom is -0.465 e. The number of likely N-dealkylation sites (tertiary alicyclic amines) is 1. The van der Waals surface area contributed by atoms with Crippen LogP contribution in [-0.2, 0) is 4.79 Å². The van der Waals surface area contributed by atoms with Gasteiger partial charge in [0.2, 0.25) is 0 Å². The number of hydrogen-bond acceptors (Lipinski definition) is 3. The highest BCUT2D eigenvalue weighted by molar-refractivity contribution is 6.04. The largest absolute Gasteiger partial charge is 0.465 e. The van der Waals surface area contributed by atoms with Crippen molar-refractivity contribution in [1.29, 1.82) is 0 Å². The second-order valence-corrected chi connectivity index (χ2v) is 3.63. The van der Waals surface area contributed by atoms with Crippen LogP contribution in [0, 0.1) is 0 Å². The molecule has 3 N–H and O–H groups in total. The number of carboxylic acid groups (broad SMARTS) is 1. The maximum absolute atomic E-state index is 11.3. The molecule has 2 rings (SSSR count). The summed E-state index contributed by atoms with van der Waals surface area (Å²) >= 11 is 0. The van der Waals surface area contributed by atoms with Crippen molar-refractivity contribution in [3.05, 3.63) is 0 Å². The summed E-state index contributed by atoms with van der Waals surface area (Å²) in [5, 5.41) is 13.4. The van der Waals surface area contributed by atoms with Crippen molar-refractivity contribution in [3.63, 3.8) is 0 Å². The number of nitrogens with one attached hydrogen (secondary N) is 2. The van der Waals surface area contributed by atoms with Crippen LogP contribution in [0.1, 0.15) is 12.8 Å². The third kappa shape index (κ3) is 1.60. The van der Waals surface area contributed by atoms with Gasteiger partial charge in [-0.1, -0.05) is 0 Å². The topological polar surface area (TPSA) is 98.7 Å². The van der Waals surface area contributed by atoms with Gasteiger partial charge in [0.1, 0.15) is 6.04 Å². The molecule has 0 bridgehead atoms. The second-order valence-electron chi connectivity index (χ2n) is 3.63. The zero-order valence-corrected chi connectivity index (χ0v) is 7.90. The minimum atomic E-state index is -1.05. The molecule has 0 unspecified atom stereocenters. The van der Waals surface area contributed by atoms with Crippen LogP contribution in [0.4, 0.5) is 9.59 Å². The highest BCUT2D eigenvalue weighted by atomic mass is 16.4. The van der Waals surface area contributed by atoms with E-state index in [-0.39, 0.29) is 0 Å². The van der Waals surface area contributed by atoms with E-state index in [1.54, 1.807) is 0 Å². The Hall–Kier alpha value is -1.79. The lowest BCUT2D eigenvalue weighted by Gasteiger charge is -2.24. The molecule has 15 heavy (non-hydrogen) atoms. The predicted octanol–water partition coefficient (Wildman–Crippen LogP) is -0.663. The molecule has 2 fully saturated rings. The summed E-state index contributed by atoms with van der Waals surface area (Å²) in [7, 11) is 0. The first-order chi connectivity index (χ1) is 7.09. The number of carbonyl (C=O) groups excluding carboxylic acids is 2. The van der Waals surface area contributed by atoms with Gasteiger partial charge in [-0.05, 0) is 12.8 Å². The molecule has 0 spiro atoms. The van der Waals surface area contributed by atoms with E-state index in [1.165, 1.54) is 4.90 Å². The molecule has 0 aromatic heterocycles. The monoisotopic (exact) mass is 213 g/mol. The summed E-state index contributed by atoms with van der Waals surface area (Å²) in [5.41, 5.74) is 0. The van der Waals surface area contributed by atoms with Crippen LogP contribution in [0.25, 0.3) is 0 Å². The van der Waals surface area contributed by atoms with Gasteiger partial charge < -0.3 is 15.3 Å². The minimum absolute atomic E-state index is 0.416. The Bertz CT molecular complexity index is 330. The lowest BCUT2D eigenvalue weighted by atomic mass is 10.1. The van der Waals surface area contributed by atoms with Gasteiger partial charge in [0, 0.05) is 6.54 Å². The highest BCUT2D eigenvalue weighted by Crippen LogP contribution is 2.21. The van der Waals surface area contributed by atoms with Gasteiger partial charge in [-0.15, -0.1) is 0 Å². The molecule has 0 saturated carbocycles. The third-order valence-corrected chi connectivity index (χ3v) is 2.74. The summed E-state index contributed by atoms with van der Waals surface area (Å²) in [6.45, 7) is 0.416. The molecule has 0 aromatic rings. The molecular weight excluding hydrogens is 202 g/mol. The summed E-state index contributed by atoms with van der Waals surface area (Å²) < 4.78 is 0. The van der Waals surface area contributed by atoms with E-state index in [0.29, 0.717) is 13.0 Å². The highest BCUT2D eigenvalue weighted by Gasteiger charge is 2.42. The Balaban J connectivity index is 2.13. The van der Waals surface area contributed by atoms with Gasteiger partial charge in [-0.25, -0.2) is 9.59 Å². The first-order valence-corrected chi connectivity index (χ1v) is 4.70. The van der Waals surface area contributed by atoms with Crippen molar-refractivity contribution in [2.75, 3.05) is 6.54 Å². The van der Waals surface area contributed by atoms with Crippen LogP contribution in [0.5, 0.6) is 0 Å². The zero-order chi connectivity index (χ0) is 11.0. The second kappa shape index (κ2) is 3.41. The van der Waals surface area contributed by atoms with Crippen LogP contribution < -0.4 is 10.6 Å². The van der Waals surface area contributed by atoms with E-state index in [9.17, 15) is 14.4 Å². The molecule has 4 amide bonds. The number of amides is 4. The first-order valence-electron chi connectivity index (χ1n) is 4.70. The summed E-state index contributed by atoms with van der Waals surface area (Å²) in [6.07, 6.45) is 0.271. The van der Waals surface area contributed by atoms with Crippen molar-refractivity contribution in [1.82, 2.24) is 15.5 Å². The normalized spacial score (nSPS) is 30.3. The number of nitrogens with zero attached hydrogens (tertiary/aromatic N) is 1. The van der Waals surface area contributed by atoms with Crippen LogP contribution >= 0.6 is 0 Å². The molecule has 2 saturated heterocycles. The average Bonchev–Trinajstić information content (AvgIpc) is 2.71. The van der Waals surface area contributed by atoms with Crippen molar-refractivity contribution in [2.24, 2.45) is 0 Å². The SMILES string of the molecule is O=C1NC(=O)[C@@H]([C@@H]2CCCN2C(=O)O)N1. The van der Waals surface area contributed by atoms with Gasteiger partial charge in [0.25, 0.3) is 5.91 Å². The maximum atomic E-state index is 11.3. The summed E-state index contributed by atoms with van der Waals surface area (Å²) in [4.78, 5) is 34.3. The summed E-state index contributed by atoms with van der Waals surface area (Å²) in [5.74, 6) is -0.446. The molecule has 0 aromatic carbocycles. The van der Waals surface area contributed by atoms with Crippen LogP contribution in [0.2, 0.25) is 0 Å². The third-order valence-electron chi connectivity index (χ3n) is 2.74. The number of rotatable bonds is 1. The Morgan fingerprint density at radius 2 is 2.20 bits per heavy atom. The van der Waals surface area contributed by atoms with Crippen LogP contribution in [0.15, 0.2) is 0 Å². The maximum Gasteiger partial charge on any atom is 0.407 e. The van der Waals surface area contributed by atoms with E-state index >= 15 is 0 Å². The quantitative estimate of drug-likeness (QED) is 0.503. The number of carbonyl (C=O) groups is 3. The number of hydrogen-bond donors (Lipinski definition) is 3. The Labute approximate surface area is 85.4 Å². The van der Waals surface area contributed by atoms with Gasteiger partial charge in [-0.3, -0.25) is 10.1 Å². The Morgan fingerprint density at radius 3 is 2.73 bits per heavy atom. The summed E-state index contributed by atoms with van der Waals surface area (Å²) in [6, 6.07) is -1.73. The number of imide groups is 1. The van der Waals surface area contributed by atoms with Crippen LogP contribution in [0.3, 0.4) is 0 Å². The van der Waals surface area contributed by atoms with Gasteiger partial charge in [0.15, 0.2) is 0 Å². The smallest absolute Gasteiger partial charge is 0.407 e. The molecule has 7 heteroatoms. The fraction of sp³-hybridized carbons (Fsp3) is 0.625. The Morgan fingerprint density at radius 1 is 1.47 bits per heavy atom. The standard InChI is InChI=1S/C8H11N3O4/c12-6-5(9-7(13)10-6)4-2-1-3-11(4)8(14)15/h4-5H,1-3H2,(H,14,15)(H2,9,10,12,13)/t4-,5+/m0/s1. The van der Waals surface area contributed by atoms with E-state index in [1.807, 2.05) is 0 Å². The molecule has 0 radical (unpaired) electrons. The van der Waals surface area contributed by atoms with E-state index in [4.69, 9.17) is 5.11 Å². The Kier molecular flexibility index (Phi) is 2.22. The van der Waals surface area contributed by atoms with E-state index in [2.05, 4.69) is 10.6 Å². The first kappa shape index (κ1) is 9.75. The lowest BCUT2D eigenvalue weighted by Crippen LogP contribution is -2.49. The lowest BCUT2D eigenvalue weighted by molar-refractivity contribution is -0.121. The fourth-order valence-electron chi connectivity index (χ4n) is 2.08. The predicted molar refractivity (Wildman–Crippen MR) is 48.2 cm³/mol. The molecule has 82 valence electrons. The van der Waals surface area contributed by atoms with Crippen molar-refractivity contribution in [3.8, 4) is 0 Å². The number of urea groups is 1. The van der Waals surface area contributed by atoms with E-state index in [0.717, 1.165) is 6.42 Å². The van der Waals surface area contributed by atoms with Crippen molar-refractivity contribution < 1.29 is 19.5 Å². The molecule has 0 aliphatic carbocycles. The molecule has 2 aliphatic rings. The molecule has 2 atom stereocenters. The molecule has 2 heterocycles. The van der Waals surface area contributed by atoms with Crippen molar-refractivity contribution in [2.45, 2.75) is 24.9 Å². The molecule has 7 nitrogen and oxygen atoms in total. The van der Waals surface area contributed by atoms with E-state index < -0.39 is 30.1 Å². The van der Waals surface area contributed by atoms with Crippen molar-refractivity contribution >= 4 is 18.0 Å². The zero-order valence-electron chi connectivity index (χ0n) is 7.90. The van der Waals surface area contributed by atoms with Gasteiger partial charge in [0.05, 0.1) is 6.04 Å². The van der Waals surface area contributed by atoms with Gasteiger partial charge in [-0.2, -0.15) is 0 Å².